The smallest absolute Gasteiger partial charge is 0.341 e. The Bertz CT molecular complexity index is 1490. The molecule has 0 radical (unpaired) electrons. The summed E-state index contributed by atoms with van der Waals surface area (Å²) in [5, 5.41) is 8.40. The Labute approximate surface area is 216 Å². The van der Waals surface area contributed by atoms with Crippen molar-refractivity contribution >= 4 is 51.1 Å². The van der Waals surface area contributed by atoms with E-state index in [4.69, 9.17) is 4.74 Å². The van der Waals surface area contributed by atoms with E-state index in [0.717, 1.165) is 26.9 Å². The zero-order valence-corrected chi connectivity index (χ0v) is 20.8. The molecule has 188 valence electrons. The molecule has 3 heterocycles. The Morgan fingerprint density at radius 1 is 1.08 bits per heavy atom. The lowest BCUT2D eigenvalue weighted by atomic mass is 10.0. The average molecular weight is 517 g/mol. The lowest BCUT2D eigenvalue weighted by molar-refractivity contribution is -0.130. The van der Waals surface area contributed by atoms with Gasteiger partial charge in [0.15, 0.2) is 0 Å². The number of benzene rings is 2. The zero-order chi connectivity index (χ0) is 25.9. The fourth-order valence-corrected chi connectivity index (χ4v) is 5.35. The maximum Gasteiger partial charge on any atom is 0.341 e. The van der Waals surface area contributed by atoms with Gasteiger partial charge in [0.25, 0.3) is 5.91 Å². The highest BCUT2D eigenvalue weighted by Gasteiger charge is 2.39. The molecule has 1 aliphatic heterocycles. The minimum absolute atomic E-state index is 0.177. The number of para-hydroxylation sites is 1. The minimum Gasteiger partial charge on any atom is -0.462 e. The third kappa shape index (κ3) is 4.83. The number of esters is 1. The topological polar surface area (TPSA) is 121 Å². The van der Waals surface area contributed by atoms with Crippen LogP contribution in [0, 0.1) is 0 Å². The van der Waals surface area contributed by atoms with Gasteiger partial charge in [-0.1, -0.05) is 48.5 Å². The fourth-order valence-electron chi connectivity index (χ4n) is 4.38. The van der Waals surface area contributed by atoms with E-state index in [-0.39, 0.29) is 12.2 Å². The molecule has 2 aromatic heterocycles. The predicted octanol–water partition coefficient (Wildman–Crippen LogP) is 4.17. The van der Waals surface area contributed by atoms with E-state index in [2.05, 4.69) is 15.6 Å². The number of hydrogen-bond donors (Lipinski definition) is 3. The molecule has 0 aliphatic carbocycles. The summed E-state index contributed by atoms with van der Waals surface area (Å²) >= 11 is 1.18. The molecule has 1 fully saturated rings. The van der Waals surface area contributed by atoms with Crippen LogP contribution < -0.4 is 10.6 Å². The zero-order valence-electron chi connectivity index (χ0n) is 19.9. The van der Waals surface area contributed by atoms with Crippen molar-refractivity contribution in [1.82, 2.24) is 15.2 Å². The Morgan fingerprint density at radius 3 is 2.62 bits per heavy atom. The lowest BCUT2D eigenvalue weighted by Gasteiger charge is -2.13. The molecule has 1 atom stereocenters. The standard InChI is InChI=1S/C27H24N4O5S/c1-2-36-26(34)23-19(16-8-4-3-5-9-16)15-37-24(23)30-22(32)14-31-25(33)21(29-27(31)35)12-17-13-28-20-11-7-6-10-18(17)20/h3-11,13,15,21,28H,2,12,14H2,1H3,(H,29,35)(H,30,32)/t21-/m0/s1. The molecular weight excluding hydrogens is 492 g/mol. The van der Waals surface area contributed by atoms with Crippen molar-refractivity contribution in [2.45, 2.75) is 19.4 Å². The number of imide groups is 1. The molecule has 1 saturated heterocycles. The molecule has 3 N–H and O–H groups in total. The van der Waals surface area contributed by atoms with E-state index >= 15 is 0 Å². The van der Waals surface area contributed by atoms with E-state index in [0.29, 0.717) is 17.0 Å². The molecule has 5 rings (SSSR count). The monoisotopic (exact) mass is 516 g/mol. The number of H-pyrrole nitrogens is 1. The minimum atomic E-state index is -0.777. The van der Waals surface area contributed by atoms with Gasteiger partial charge in [0.2, 0.25) is 5.91 Å². The van der Waals surface area contributed by atoms with Crippen molar-refractivity contribution in [3.8, 4) is 11.1 Å². The highest BCUT2D eigenvalue weighted by Crippen LogP contribution is 2.36. The maximum atomic E-state index is 13.0. The second kappa shape index (κ2) is 10.3. The van der Waals surface area contributed by atoms with Crippen LogP contribution in [0.2, 0.25) is 0 Å². The van der Waals surface area contributed by atoms with Crippen LogP contribution in [-0.2, 0) is 20.7 Å². The molecule has 0 spiro atoms. The number of nitrogens with zero attached hydrogens (tertiary/aromatic N) is 1. The maximum absolute atomic E-state index is 13.0. The number of aromatic nitrogens is 1. The number of thiophene rings is 1. The molecule has 4 amide bonds. The van der Waals surface area contributed by atoms with Crippen LogP contribution in [0.25, 0.3) is 22.0 Å². The van der Waals surface area contributed by atoms with E-state index in [1.54, 1.807) is 12.3 Å². The van der Waals surface area contributed by atoms with Crippen LogP contribution >= 0.6 is 11.3 Å². The summed E-state index contributed by atoms with van der Waals surface area (Å²) in [4.78, 5) is 55.2. The number of fused-ring (bicyclic) bond motifs is 1. The molecule has 4 aromatic rings. The Hall–Kier alpha value is -4.44. The Kier molecular flexibility index (Phi) is 6.74. The molecule has 2 aromatic carbocycles. The van der Waals surface area contributed by atoms with Crippen molar-refractivity contribution in [2.24, 2.45) is 0 Å². The summed E-state index contributed by atoms with van der Waals surface area (Å²) in [6.45, 7) is 1.40. The molecule has 0 bridgehead atoms. The van der Waals surface area contributed by atoms with Crippen molar-refractivity contribution < 1.29 is 23.9 Å². The van der Waals surface area contributed by atoms with E-state index in [1.165, 1.54) is 11.3 Å². The quantitative estimate of drug-likeness (QED) is 0.240. The van der Waals surface area contributed by atoms with E-state index in [9.17, 15) is 19.2 Å². The largest absolute Gasteiger partial charge is 0.462 e. The van der Waals surface area contributed by atoms with Gasteiger partial charge in [-0.05, 0) is 24.1 Å². The summed E-state index contributed by atoms with van der Waals surface area (Å²) in [6, 6.07) is 15.6. The fraction of sp³-hybridized carbons (Fsp3) is 0.185. The second-order valence-electron chi connectivity index (χ2n) is 8.48. The molecule has 0 unspecified atom stereocenters. The van der Waals surface area contributed by atoms with Crippen molar-refractivity contribution in [2.75, 3.05) is 18.5 Å². The molecule has 0 saturated carbocycles. The number of nitrogens with one attached hydrogen (secondary N) is 3. The van der Waals surface area contributed by atoms with Gasteiger partial charge in [0.05, 0.1) is 6.61 Å². The summed E-state index contributed by atoms with van der Waals surface area (Å²) in [5.41, 5.74) is 3.51. The number of ether oxygens (including phenoxy) is 1. The SMILES string of the molecule is CCOC(=O)c1c(-c2ccccc2)csc1NC(=O)CN1C(=O)N[C@@H](Cc2c[nH]c3ccccc23)C1=O. The first-order valence-corrected chi connectivity index (χ1v) is 12.6. The normalized spacial score (nSPS) is 15.2. The van der Waals surface area contributed by atoms with Crippen molar-refractivity contribution in [1.29, 1.82) is 0 Å². The van der Waals surface area contributed by atoms with Crippen LogP contribution in [0.1, 0.15) is 22.8 Å². The Balaban J connectivity index is 1.30. The Morgan fingerprint density at radius 2 is 1.84 bits per heavy atom. The number of rotatable bonds is 8. The van der Waals surface area contributed by atoms with Gasteiger partial charge in [-0.2, -0.15) is 0 Å². The van der Waals surface area contributed by atoms with Gasteiger partial charge >= 0.3 is 12.0 Å². The van der Waals surface area contributed by atoms with Crippen molar-refractivity contribution in [3.05, 3.63) is 77.3 Å². The number of aromatic amines is 1. The number of carbonyl (C=O) groups is 4. The van der Waals surface area contributed by atoms with Gasteiger partial charge < -0.3 is 20.4 Å². The summed E-state index contributed by atoms with van der Waals surface area (Å²) < 4.78 is 5.22. The predicted molar refractivity (Wildman–Crippen MR) is 140 cm³/mol. The van der Waals surface area contributed by atoms with Gasteiger partial charge in [-0.15, -0.1) is 11.3 Å². The van der Waals surface area contributed by atoms with Gasteiger partial charge in [0.1, 0.15) is 23.2 Å². The van der Waals surface area contributed by atoms with Gasteiger partial charge in [0, 0.05) is 34.5 Å². The summed E-state index contributed by atoms with van der Waals surface area (Å²) in [5.74, 6) is -1.64. The summed E-state index contributed by atoms with van der Waals surface area (Å²) in [7, 11) is 0. The van der Waals surface area contributed by atoms with Crippen LogP contribution in [-0.4, -0.2) is 52.9 Å². The third-order valence-corrected chi connectivity index (χ3v) is 7.01. The molecular formula is C27H24N4O5S. The first-order valence-electron chi connectivity index (χ1n) is 11.8. The van der Waals surface area contributed by atoms with Crippen LogP contribution in [0.15, 0.2) is 66.2 Å². The van der Waals surface area contributed by atoms with E-state index < -0.39 is 36.4 Å². The molecule has 9 nitrogen and oxygen atoms in total. The van der Waals surface area contributed by atoms with Crippen LogP contribution in [0.5, 0.6) is 0 Å². The highest BCUT2D eigenvalue weighted by atomic mass is 32.1. The highest BCUT2D eigenvalue weighted by molar-refractivity contribution is 7.15. The first kappa shape index (κ1) is 24.3. The number of carbonyl (C=O) groups excluding carboxylic acids is 4. The van der Waals surface area contributed by atoms with E-state index in [1.807, 2.05) is 60.8 Å². The van der Waals surface area contributed by atoms with Gasteiger partial charge in [-0.3, -0.25) is 14.5 Å². The van der Waals surface area contributed by atoms with Crippen LogP contribution in [0.3, 0.4) is 0 Å². The number of anilines is 1. The second-order valence-corrected chi connectivity index (χ2v) is 9.36. The number of hydrogen-bond acceptors (Lipinski definition) is 6. The molecule has 1 aliphatic rings. The average Bonchev–Trinajstić information content (AvgIpc) is 3.58. The third-order valence-electron chi connectivity index (χ3n) is 6.12. The number of urea groups is 1. The number of amides is 4. The lowest BCUT2D eigenvalue weighted by Crippen LogP contribution is -2.38. The van der Waals surface area contributed by atoms with Crippen LogP contribution in [0.4, 0.5) is 9.80 Å². The summed E-state index contributed by atoms with van der Waals surface area (Å²) in [6.07, 6.45) is 2.11. The first-order chi connectivity index (χ1) is 18.0. The molecule has 10 heteroatoms. The van der Waals surface area contributed by atoms with Crippen molar-refractivity contribution in [3.63, 3.8) is 0 Å². The van der Waals surface area contributed by atoms with Gasteiger partial charge in [-0.25, -0.2) is 9.59 Å². The molecule has 37 heavy (non-hydrogen) atoms.